The highest BCUT2D eigenvalue weighted by atomic mass is 19.1. The average molecular weight is 196 g/mol. The highest BCUT2D eigenvalue weighted by Crippen LogP contribution is 2.20. The Morgan fingerprint density at radius 1 is 1.57 bits per heavy atom. The lowest BCUT2D eigenvalue weighted by Crippen LogP contribution is -2.05. The second kappa shape index (κ2) is 3.96. The summed E-state index contributed by atoms with van der Waals surface area (Å²) in [4.78, 5) is 0. The van der Waals surface area contributed by atoms with Gasteiger partial charge in [0.15, 0.2) is 11.6 Å². The molecule has 1 aromatic rings. The van der Waals surface area contributed by atoms with Crippen molar-refractivity contribution in [2.75, 3.05) is 13.2 Å². The van der Waals surface area contributed by atoms with E-state index in [9.17, 15) is 4.39 Å². The summed E-state index contributed by atoms with van der Waals surface area (Å²) in [6.45, 7) is 3.17. The summed E-state index contributed by atoms with van der Waals surface area (Å²) >= 11 is 0. The number of halogens is 1. The lowest BCUT2D eigenvalue weighted by molar-refractivity contribution is 0.253. The molecule has 0 bridgehead atoms. The first kappa shape index (κ1) is 9.46. The molecule has 1 heterocycles. The van der Waals surface area contributed by atoms with Gasteiger partial charge in [-0.2, -0.15) is 0 Å². The molecule has 2 nitrogen and oxygen atoms in total. The minimum Gasteiger partial charge on any atom is -0.488 e. The first-order valence-corrected chi connectivity index (χ1v) is 4.82. The monoisotopic (exact) mass is 196 g/mol. The van der Waals surface area contributed by atoms with Gasteiger partial charge in [-0.3, -0.25) is 0 Å². The minimum atomic E-state index is -0.287. The number of aryl methyl sites for hydroxylation is 1. The Balaban J connectivity index is 2.01. The first-order valence-electron chi connectivity index (χ1n) is 4.82. The van der Waals surface area contributed by atoms with Crippen molar-refractivity contribution in [3.05, 3.63) is 29.6 Å². The third-order valence-electron chi connectivity index (χ3n) is 2.23. The van der Waals surface area contributed by atoms with Gasteiger partial charge in [0.25, 0.3) is 0 Å². The van der Waals surface area contributed by atoms with E-state index < -0.39 is 0 Å². The smallest absolute Gasteiger partial charge is 0.165 e. The van der Waals surface area contributed by atoms with Gasteiger partial charge in [0.2, 0.25) is 0 Å². The number of ether oxygens (including phenoxy) is 2. The molecular formula is C11H13FO2. The second-order valence-electron chi connectivity index (χ2n) is 3.38. The molecule has 1 atom stereocenters. The van der Waals surface area contributed by atoms with Crippen LogP contribution in [0, 0.1) is 5.82 Å². The van der Waals surface area contributed by atoms with E-state index in [0.717, 1.165) is 18.6 Å². The van der Waals surface area contributed by atoms with E-state index in [0.29, 0.717) is 12.4 Å². The van der Waals surface area contributed by atoms with Gasteiger partial charge in [-0.25, -0.2) is 4.39 Å². The van der Waals surface area contributed by atoms with Crippen molar-refractivity contribution in [1.82, 2.24) is 0 Å². The molecular weight excluding hydrogens is 183 g/mol. The molecule has 1 aromatic carbocycles. The first-order chi connectivity index (χ1) is 6.79. The van der Waals surface area contributed by atoms with Crippen molar-refractivity contribution in [1.29, 1.82) is 0 Å². The average Bonchev–Trinajstić information content (AvgIpc) is 2.99. The fraction of sp³-hybridized carbons (Fsp3) is 0.455. The summed E-state index contributed by atoms with van der Waals surface area (Å²) in [6, 6.07) is 5.08. The van der Waals surface area contributed by atoms with Crippen LogP contribution in [0.25, 0.3) is 0 Å². The lowest BCUT2D eigenvalue weighted by Gasteiger charge is -2.06. The number of hydrogen-bond donors (Lipinski definition) is 0. The Morgan fingerprint density at radius 2 is 2.36 bits per heavy atom. The van der Waals surface area contributed by atoms with E-state index in [1.165, 1.54) is 6.07 Å². The van der Waals surface area contributed by atoms with Crippen LogP contribution in [0.1, 0.15) is 12.5 Å². The molecule has 0 spiro atoms. The van der Waals surface area contributed by atoms with E-state index >= 15 is 0 Å². The normalized spacial score (nSPS) is 19.4. The van der Waals surface area contributed by atoms with Crippen molar-refractivity contribution in [3.8, 4) is 5.75 Å². The molecule has 2 rings (SSSR count). The predicted molar refractivity (Wildman–Crippen MR) is 51.0 cm³/mol. The van der Waals surface area contributed by atoms with Gasteiger partial charge in [0, 0.05) is 0 Å². The zero-order valence-electron chi connectivity index (χ0n) is 8.13. The van der Waals surface area contributed by atoms with E-state index in [2.05, 4.69) is 0 Å². The van der Waals surface area contributed by atoms with E-state index in [1.54, 1.807) is 6.07 Å². The highest BCUT2D eigenvalue weighted by Gasteiger charge is 2.23. The Hall–Kier alpha value is -1.09. The number of epoxide rings is 1. The minimum absolute atomic E-state index is 0.167. The maximum absolute atomic E-state index is 13.3. The van der Waals surface area contributed by atoms with Gasteiger partial charge in [0.1, 0.15) is 12.7 Å². The summed E-state index contributed by atoms with van der Waals surface area (Å²) in [7, 11) is 0. The van der Waals surface area contributed by atoms with Crippen LogP contribution in [0.15, 0.2) is 18.2 Å². The third-order valence-corrected chi connectivity index (χ3v) is 2.23. The number of hydrogen-bond acceptors (Lipinski definition) is 2. The molecule has 0 aromatic heterocycles. The molecule has 0 amide bonds. The van der Waals surface area contributed by atoms with Gasteiger partial charge in [0.05, 0.1) is 6.61 Å². The van der Waals surface area contributed by atoms with Crippen LogP contribution >= 0.6 is 0 Å². The molecule has 0 N–H and O–H groups in total. The Bertz CT molecular complexity index is 321. The maximum atomic E-state index is 13.3. The Morgan fingerprint density at radius 3 is 2.93 bits per heavy atom. The zero-order valence-corrected chi connectivity index (χ0v) is 8.13. The molecule has 1 saturated heterocycles. The SMILES string of the molecule is CCc1ccc(OCC2CO2)c(F)c1. The fourth-order valence-corrected chi connectivity index (χ4v) is 1.23. The van der Waals surface area contributed by atoms with Crippen LogP contribution in [0.3, 0.4) is 0 Å². The summed E-state index contributed by atoms with van der Waals surface area (Å²) in [6.07, 6.45) is 1.00. The summed E-state index contributed by atoms with van der Waals surface area (Å²) in [5, 5.41) is 0. The molecule has 3 heteroatoms. The molecule has 1 unspecified atom stereocenters. The summed E-state index contributed by atoms with van der Waals surface area (Å²) in [5.74, 6) is 0.0303. The summed E-state index contributed by atoms with van der Waals surface area (Å²) < 4.78 is 23.6. The number of rotatable bonds is 4. The molecule has 0 radical (unpaired) electrons. The molecule has 0 saturated carbocycles. The van der Waals surface area contributed by atoms with Gasteiger partial charge >= 0.3 is 0 Å². The van der Waals surface area contributed by atoms with Gasteiger partial charge < -0.3 is 9.47 Å². The van der Waals surface area contributed by atoms with E-state index in [-0.39, 0.29) is 11.9 Å². The van der Waals surface area contributed by atoms with Crippen molar-refractivity contribution >= 4 is 0 Å². The highest BCUT2D eigenvalue weighted by molar-refractivity contribution is 5.29. The van der Waals surface area contributed by atoms with Crippen LogP contribution in [0.2, 0.25) is 0 Å². The lowest BCUT2D eigenvalue weighted by atomic mass is 10.1. The third kappa shape index (κ3) is 2.23. The molecule has 0 aliphatic carbocycles. The molecule has 1 aliphatic rings. The van der Waals surface area contributed by atoms with Gasteiger partial charge in [-0.1, -0.05) is 13.0 Å². The Labute approximate surface area is 82.6 Å². The summed E-state index contributed by atoms with van der Waals surface area (Å²) in [5.41, 5.74) is 0.984. The molecule has 76 valence electrons. The van der Waals surface area contributed by atoms with Crippen LogP contribution < -0.4 is 4.74 Å². The standard InChI is InChI=1S/C11H13FO2/c1-2-8-3-4-11(10(12)5-8)14-7-9-6-13-9/h3-5,9H,2,6-7H2,1H3. The van der Waals surface area contributed by atoms with E-state index in [1.807, 2.05) is 13.0 Å². The fourth-order valence-electron chi connectivity index (χ4n) is 1.23. The predicted octanol–water partition coefficient (Wildman–Crippen LogP) is 2.17. The maximum Gasteiger partial charge on any atom is 0.165 e. The van der Waals surface area contributed by atoms with Crippen LogP contribution in [-0.2, 0) is 11.2 Å². The van der Waals surface area contributed by atoms with Crippen molar-refractivity contribution < 1.29 is 13.9 Å². The quantitative estimate of drug-likeness (QED) is 0.688. The molecule has 1 fully saturated rings. The van der Waals surface area contributed by atoms with E-state index in [4.69, 9.17) is 9.47 Å². The van der Waals surface area contributed by atoms with Crippen LogP contribution in [0.4, 0.5) is 4.39 Å². The largest absolute Gasteiger partial charge is 0.488 e. The molecule has 1 aliphatic heterocycles. The topological polar surface area (TPSA) is 21.8 Å². The van der Waals surface area contributed by atoms with Crippen LogP contribution in [0.5, 0.6) is 5.75 Å². The van der Waals surface area contributed by atoms with Gasteiger partial charge in [-0.15, -0.1) is 0 Å². The Kier molecular flexibility index (Phi) is 2.68. The van der Waals surface area contributed by atoms with Crippen molar-refractivity contribution in [2.24, 2.45) is 0 Å². The molecule has 14 heavy (non-hydrogen) atoms. The second-order valence-corrected chi connectivity index (χ2v) is 3.38. The van der Waals surface area contributed by atoms with Crippen molar-refractivity contribution in [2.45, 2.75) is 19.4 Å². The zero-order chi connectivity index (χ0) is 9.97. The number of benzene rings is 1. The van der Waals surface area contributed by atoms with Gasteiger partial charge in [-0.05, 0) is 24.1 Å². The van der Waals surface area contributed by atoms with Crippen molar-refractivity contribution in [3.63, 3.8) is 0 Å². The van der Waals surface area contributed by atoms with Crippen LogP contribution in [-0.4, -0.2) is 19.3 Å².